The molecule has 0 aliphatic rings. The van der Waals surface area contributed by atoms with E-state index in [0.717, 1.165) is 31.6 Å². The van der Waals surface area contributed by atoms with Crippen LogP contribution in [0.15, 0.2) is 18.2 Å². The average molecular weight is 265 g/mol. The molecule has 0 N–H and O–H groups in total. The summed E-state index contributed by atoms with van der Waals surface area (Å²) in [4.78, 5) is 13.8. The van der Waals surface area contributed by atoms with Crippen molar-refractivity contribution < 1.29 is 9.18 Å². The molecule has 3 heteroatoms. The Labute approximate surface area is 115 Å². The van der Waals surface area contributed by atoms with E-state index >= 15 is 0 Å². The average Bonchev–Trinajstić information content (AvgIpc) is 2.40. The molecular weight excluding hydrogens is 241 g/mol. The number of hydrogen-bond donors (Lipinski definition) is 0. The third-order valence-electron chi connectivity index (χ3n) is 3.69. The molecule has 0 bridgehead atoms. The molecule has 1 rings (SSSR count). The summed E-state index contributed by atoms with van der Waals surface area (Å²) in [7, 11) is 0. The van der Waals surface area contributed by atoms with Crippen molar-refractivity contribution in [2.45, 2.75) is 40.5 Å². The molecule has 0 atom stereocenters. The number of carbonyl (C=O) groups excluding carboxylic acids is 1. The summed E-state index contributed by atoms with van der Waals surface area (Å²) in [5.74, 6) is 0.162. The predicted octanol–water partition coefficient (Wildman–Crippen LogP) is 4.29. The lowest BCUT2D eigenvalue weighted by Gasteiger charge is -2.29. The highest BCUT2D eigenvalue weighted by molar-refractivity contribution is 5.99. The summed E-state index contributed by atoms with van der Waals surface area (Å²) in [6.07, 6.45) is 2.23. The predicted molar refractivity (Wildman–Crippen MR) is 78.4 cm³/mol. The molecule has 1 aromatic carbocycles. The van der Waals surface area contributed by atoms with Crippen molar-refractivity contribution in [2.24, 2.45) is 5.92 Å². The lowest BCUT2D eigenvalue weighted by Crippen LogP contribution is -2.30. The molecule has 0 aliphatic heterocycles. The number of carbonyl (C=O) groups is 1. The van der Waals surface area contributed by atoms with Gasteiger partial charge in [-0.3, -0.25) is 4.79 Å². The SMILES string of the molecule is CCC(CC)CN(CC)c1ccc(F)cc1C(C)=O. The zero-order valence-electron chi connectivity index (χ0n) is 12.4. The number of benzene rings is 1. The summed E-state index contributed by atoms with van der Waals surface area (Å²) in [5.41, 5.74) is 1.33. The van der Waals surface area contributed by atoms with Gasteiger partial charge in [0.25, 0.3) is 0 Å². The third-order valence-corrected chi connectivity index (χ3v) is 3.69. The normalized spacial score (nSPS) is 10.8. The van der Waals surface area contributed by atoms with Crippen molar-refractivity contribution in [3.05, 3.63) is 29.6 Å². The molecule has 19 heavy (non-hydrogen) atoms. The molecular formula is C16H24FNO. The van der Waals surface area contributed by atoms with E-state index in [2.05, 4.69) is 25.7 Å². The molecule has 0 fully saturated rings. The van der Waals surface area contributed by atoms with Gasteiger partial charge >= 0.3 is 0 Å². The molecule has 0 saturated heterocycles. The van der Waals surface area contributed by atoms with Crippen LogP contribution >= 0.6 is 0 Å². The number of Topliss-reactive ketones (excluding diaryl/α,β-unsaturated/α-hetero) is 1. The van der Waals surface area contributed by atoms with Crippen LogP contribution in [0.1, 0.15) is 50.9 Å². The second kappa shape index (κ2) is 7.27. The maximum absolute atomic E-state index is 13.3. The number of anilines is 1. The van der Waals surface area contributed by atoms with Crippen LogP contribution in [0.2, 0.25) is 0 Å². The van der Waals surface area contributed by atoms with Crippen LogP contribution < -0.4 is 4.90 Å². The zero-order valence-corrected chi connectivity index (χ0v) is 12.4. The first-order valence-electron chi connectivity index (χ1n) is 7.08. The summed E-state index contributed by atoms with van der Waals surface area (Å²) in [6.45, 7) is 9.65. The van der Waals surface area contributed by atoms with Gasteiger partial charge in [0, 0.05) is 24.3 Å². The minimum absolute atomic E-state index is 0.0857. The fraction of sp³-hybridized carbons (Fsp3) is 0.562. The van der Waals surface area contributed by atoms with E-state index in [0.29, 0.717) is 11.5 Å². The molecule has 0 radical (unpaired) electrons. The molecule has 106 valence electrons. The second-order valence-electron chi connectivity index (χ2n) is 4.94. The summed E-state index contributed by atoms with van der Waals surface area (Å²) in [5, 5.41) is 0. The van der Waals surface area contributed by atoms with Crippen LogP contribution in [-0.2, 0) is 0 Å². The van der Waals surface area contributed by atoms with Gasteiger partial charge in [-0.15, -0.1) is 0 Å². The standard InChI is InChI=1S/C16H24FNO/c1-5-13(6-2)11-18(7-3)16-9-8-14(17)10-15(16)12(4)19/h8-10,13H,5-7,11H2,1-4H3. The highest BCUT2D eigenvalue weighted by Gasteiger charge is 2.16. The number of rotatable bonds is 7. The van der Waals surface area contributed by atoms with Crippen LogP contribution in [0, 0.1) is 11.7 Å². The van der Waals surface area contributed by atoms with Crippen LogP contribution in [0.3, 0.4) is 0 Å². The zero-order chi connectivity index (χ0) is 14.4. The summed E-state index contributed by atoms with van der Waals surface area (Å²) < 4.78 is 13.3. The fourth-order valence-electron chi connectivity index (χ4n) is 2.32. The molecule has 0 spiro atoms. The highest BCUT2D eigenvalue weighted by Crippen LogP contribution is 2.24. The van der Waals surface area contributed by atoms with Crippen LogP contribution in [-0.4, -0.2) is 18.9 Å². The molecule has 0 amide bonds. The maximum Gasteiger partial charge on any atom is 0.161 e. The summed E-state index contributed by atoms with van der Waals surface area (Å²) >= 11 is 0. The van der Waals surface area contributed by atoms with Crippen molar-refractivity contribution in [1.82, 2.24) is 0 Å². The van der Waals surface area contributed by atoms with Crippen molar-refractivity contribution in [3.63, 3.8) is 0 Å². The molecule has 0 unspecified atom stereocenters. The third kappa shape index (κ3) is 4.05. The van der Waals surface area contributed by atoms with E-state index in [1.54, 1.807) is 6.07 Å². The van der Waals surface area contributed by atoms with Crippen molar-refractivity contribution in [3.8, 4) is 0 Å². The molecule has 0 aliphatic carbocycles. The molecule has 2 nitrogen and oxygen atoms in total. The smallest absolute Gasteiger partial charge is 0.161 e. The van der Waals surface area contributed by atoms with Crippen molar-refractivity contribution in [1.29, 1.82) is 0 Å². The van der Waals surface area contributed by atoms with E-state index < -0.39 is 0 Å². The van der Waals surface area contributed by atoms with Gasteiger partial charge in [-0.1, -0.05) is 26.7 Å². The minimum atomic E-state index is -0.354. The van der Waals surface area contributed by atoms with Crippen LogP contribution in [0.4, 0.5) is 10.1 Å². The minimum Gasteiger partial charge on any atom is -0.371 e. The van der Waals surface area contributed by atoms with Crippen LogP contribution in [0.25, 0.3) is 0 Å². The first-order valence-corrected chi connectivity index (χ1v) is 7.08. The van der Waals surface area contributed by atoms with Gasteiger partial charge < -0.3 is 4.90 Å². The van der Waals surface area contributed by atoms with Gasteiger partial charge in [-0.2, -0.15) is 0 Å². The van der Waals surface area contributed by atoms with Gasteiger partial charge in [0.15, 0.2) is 5.78 Å². The highest BCUT2D eigenvalue weighted by atomic mass is 19.1. The Morgan fingerprint density at radius 3 is 2.37 bits per heavy atom. The monoisotopic (exact) mass is 265 g/mol. The topological polar surface area (TPSA) is 20.3 Å². The first kappa shape index (κ1) is 15.7. The Morgan fingerprint density at radius 2 is 1.89 bits per heavy atom. The quantitative estimate of drug-likeness (QED) is 0.685. The van der Waals surface area contributed by atoms with E-state index in [1.807, 2.05) is 0 Å². The molecule has 1 aromatic rings. The number of hydrogen-bond acceptors (Lipinski definition) is 2. The van der Waals surface area contributed by atoms with Gasteiger partial charge in [-0.25, -0.2) is 4.39 Å². The Hall–Kier alpha value is -1.38. The Morgan fingerprint density at radius 1 is 1.26 bits per heavy atom. The van der Waals surface area contributed by atoms with Gasteiger partial charge in [0.1, 0.15) is 5.82 Å². The first-order chi connectivity index (χ1) is 9.03. The number of nitrogens with zero attached hydrogens (tertiary/aromatic N) is 1. The fourth-order valence-corrected chi connectivity index (χ4v) is 2.32. The summed E-state index contributed by atoms with van der Waals surface area (Å²) in [6, 6.07) is 4.49. The van der Waals surface area contributed by atoms with Crippen LogP contribution in [0.5, 0.6) is 0 Å². The van der Waals surface area contributed by atoms with Gasteiger partial charge in [-0.05, 0) is 38.0 Å². The van der Waals surface area contributed by atoms with Gasteiger partial charge in [0.05, 0.1) is 0 Å². The van der Waals surface area contributed by atoms with E-state index in [1.165, 1.54) is 19.1 Å². The molecule has 0 heterocycles. The van der Waals surface area contributed by atoms with E-state index in [4.69, 9.17) is 0 Å². The van der Waals surface area contributed by atoms with Crippen molar-refractivity contribution in [2.75, 3.05) is 18.0 Å². The Kier molecular flexibility index (Phi) is 6.00. The maximum atomic E-state index is 13.3. The molecule has 0 aromatic heterocycles. The Balaban J connectivity index is 3.07. The van der Waals surface area contributed by atoms with E-state index in [-0.39, 0.29) is 11.6 Å². The molecule has 0 saturated carbocycles. The largest absolute Gasteiger partial charge is 0.371 e. The van der Waals surface area contributed by atoms with Crippen molar-refractivity contribution >= 4 is 11.5 Å². The number of halogens is 1. The number of ketones is 1. The lowest BCUT2D eigenvalue weighted by atomic mass is 10.0. The lowest BCUT2D eigenvalue weighted by molar-refractivity contribution is 0.101. The Bertz CT molecular complexity index is 427. The van der Waals surface area contributed by atoms with Gasteiger partial charge in [0.2, 0.25) is 0 Å². The second-order valence-corrected chi connectivity index (χ2v) is 4.94. The van der Waals surface area contributed by atoms with E-state index in [9.17, 15) is 9.18 Å².